The van der Waals surface area contributed by atoms with Crippen LogP contribution in [0.15, 0.2) is 80.7 Å². The second-order valence-electron chi connectivity index (χ2n) is 9.38. The number of para-hydroxylation sites is 1. The lowest BCUT2D eigenvalue weighted by molar-refractivity contribution is 0.352. The number of aryl methyl sites for hydroxylation is 1. The quantitative estimate of drug-likeness (QED) is 0.219. The molecule has 6 aromatic rings. The Balaban J connectivity index is 1.57. The van der Waals surface area contributed by atoms with Gasteiger partial charge in [-0.3, -0.25) is 0 Å². The highest BCUT2D eigenvalue weighted by Crippen LogP contribution is 2.50. The highest BCUT2D eigenvalue weighted by molar-refractivity contribution is 9.10. The first-order valence-corrected chi connectivity index (χ1v) is 13.2. The second kappa shape index (κ2) is 9.20. The smallest absolute Gasteiger partial charge is 0.344 e. The zero-order chi connectivity index (χ0) is 27.5. The van der Waals surface area contributed by atoms with Gasteiger partial charge < -0.3 is 18.6 Å². The molecule has 0 aliphatic carbocycles. The molecule has 0 spiro atoms. The molecule has 1 atom stereocenters. The number of benzene rings is 3. The molecule has 40 heavy (non-hydrogen) atoms. The zero-order valence-electron chi connectivity index (χ0n) is 21.6. The Morgan fingerprint density at radius 1 is 1.00 bits per heavy atom. The molecule has 198 valence electrons. The van der Waals surface area contributed by atoms with Crippen molar-refractivity contribution in [1.29, 1.82) is 0 Å². The van der Waals surface area contributed by atoms with Gasteiger partial charge in [0.05, 0.1) is 41.1 Å². The summed E-state index contributed by atoms with van der Waals surface area (Å²) in [6.45, 7) is 2.01. The first-order valence-electron chi connectivity index (χ1n) is 12.4. The maximum absolute atomic E-state index is 13.7. The summed E-state index contributed by atoms with van der Waals surface area (Å²) in [6.07, 6.45) is 1.57. The lowest BCUT2D eigenvalue weighted by atomic mass is 9.84. The number of methoxy groups -OCH3 is 2. The van der Waals surface area contributed by atoms with Crippen LogP contribution in [0.4, 0.5) is 0 Å². The van der Waals surface area contributed by atoms with Gasteiger partial charge in [0.25, 0.3) is 0 Å². The van der Waals surface area contributed by atoms with Gasteiger partial charge in [-0.25, -0.2) is 19.3 Å². The number of fused-ring (bicyclic) bond motifs is 6. The van der Waals surface area contributed by atoms with Crippen molar-refractivity contribution in [2.45, 2.75) is 12.8 Å². The highest BCUT2D eigenvalue weighted by atomic mass is 79.9. The third-order valence-electron chi connectivity index (χ3n) is 7.14. The molecule has 0 amide bonds. The molecule has 3 aromatic heterocycles. The topological polar surface area (TPSA) is 101 Å². The van der Waals surface area contributed by atoms with Gasteiger partial charge in [0, 0.05) is 5.56 Å². The van der Waals surface area contributed by atoms with Crippen LogP contribution in [-0.2, 0) is 0 Å². The molecule has 4 heterocycles. The molecule has 9 nitrogen and oxygen atoms in total. The molecule has 3 aromatic carbocycles. The van der Waals surface area contributed by atoms with E-state index >= 15 is 0 Å². The van der Waals surface area contributed by atoms with Crippen LogP contribution in [0.3, 0.4) is 0 Å². The van der Waals surface area contributed by atoms with Gasteiger partial charge in [0.2, 0.25) is 5.88 Å². The molecular weight excluding hydrogens is 576 g/mol. The predicted octanol–water partition coefficient (Wildman–Crippen LogP) is 6.27. The number of rotatable bonds is 4. The van der Waals surface area contributed by atoms with Crippen LogP contribution in [0.2, 0.25) is 0 Å². The van der Waals surface area contributed by atoms with E-state index in [4.69, 9.17) is 28.7 Å². The van der Waals surface area contributed by atoms with Crippen molar-refractivity contribution < 1.29 is 18.6 Å². The van der Waals surface area contributed by atoms with Crippen LogP contribution in [-0.4, -0.2) is 33.8 Å². The van der Waals surface area contributed by atoms with Gasteiger partial charge in [-0.05, 0) is 58.2 Å². The van der Waals surface area contributed by atoms with E-state index in [9.17, 15) is 4.79 Å². The Labute approximate surface area is 236 Å². The van der Waals surface area contributed by atoms with E-state index in [0.29, 0.717) is 61.2 Å². The minimum Gasteiger partial charge on any atom is -0.493 e. The predicted molar refractivity (Wildman–Crippen MR) is 152 cm³/mol. The van der Waals surface area contributed by atoms with Crippen molar-refractivity contribution >= 4 is 32.5 Å². The Hall–Kier alpha value is -4.70. The lowest BCUT2D eigenvalue weighted by Gasteiger charge is -2.28. The van der Waals surface area contributed by atoms with Crippen LogP contribution in [0.1, 0.15) is 28.2 Å². The van der Waals surface area contributed by atoms with Crippen molar-refractivity contribution in [2.75, 3.05) is 14.2 Å². The maximum Gasteiger partial charge on any atom is 0.344 e. The van der Waals surface area contributed by atoms with E-state index in [-0.39, 0.29) is 0 Å². The molecule has 0 fully saturated rings. The van der Waals surface area contributed by atoms with E-state index < -0.39 is 11.5 Å². The molecule has 7 rings (SSSR count). The lowest BCUT2D eigenvalue weighted by Crippen LogP contribution is -2.22. The Bertz CT molecular complexity index is 2030. The Kier molecular flexibility index (Phi) is 5.60. The van der Waals surface area contributed by atoms with Crippen LogP contribution in [0.5, 0.6) is 23.1 Å². The minimum absolute atomic E-state index is 0.329. The maximum atomic E-state index is 13.7. The summed E-state index contributed by atoms with van der Waals surface area (Å²) in [5.41, 5.74) is 4.00. The van der Waals surface area contributed by atoms with Gasteiger partial charge in [-0.2, -0.15) is 0 Å². The molecule has 0 radical (unpaired) electrons. The number of ether oxygens (including phenoxy) is 3. The van der Waals surface area contributed by atoms with Crippen LogP contribution < -0.4 is 19.8 Å². The fourth-order valence-corrected chi connectivity index (χ4v) is 5.93. The number of halogens is 1. The van der Waals surface area contributed by atoms with E-state index in [2.05, 4.69) is 20.9 Å². The summed E-state index contributed by atoms with van der Waals surface area (Å²) in [6, 6.07) is 18.9. The summed E-state index contributed by atoms with van der Waals surface area (Å²) in [5, 5.41) is 5.38. The molecular formula is C30H21BrN4O5. The minimum atomic E-state index is -0.666. The zero-order valence-corrected chi connectivity index (χ0v) is 23.2. The van der Waals surface area contributed by atoms with Gasteiger partial charge in [0.15, 0.2) is 28.7 Å². The third kappa shape index (κ3) is 3.60. The van der Waals surface area contributed by atoms with Crippen molar-refractivity contribution in [3.8, 4) is 34.5 Å². The van der Waals surface area contributed by atoms with E-state index in [1.54, 1.807) is 31.1 Å². The SMILES string of the molecule is COc1cc(C2c3c(c4ccccc4oc3=O)Oc3ncn4nc(-c5ccccc5C)nc4c32)cc(Br)c1OC. The summed E-state index contributed by atoms with van der Waals surface area (Å²) < 4.78 is 25.6. The van der Waals surface area contributed by atoms with E-state index in [0.717, 1.165) is 16.7 Å². The van der Waals surface area contributed by atoms with Crippen LogP contribution in [0, 0.1) is 6.92 Å². The van der Waals surface area contributed by atoms with Gasteiger partial charge in [-0.1, -0.05) is 36.4 Å². The van der Waals surface area contributed by atoms with Gasteiger partial charge >= 0.3 is 5.63 Å². The summed E-state index contributed by atoms with van der Waals surface area (Å²) in [4.78, 5) is 23.2. The van der Waals surface area contributed by atoms with Crippen molar-refractivity contribution in [2.24, 2.45) is 0 Å². The standard InChI is InChI=1S/C30H21BrN4O5/c1-15-8-4-5-9-17(15)27-33-28-24-22(16-12-19(31)26(38-3)21(13-16)37-2)23-25(40-29(24)32-14-35(28)34-27)18-10-6-7-11-20(18)39-30(23)36/h4-14,22H,1-3H3. The fraction of sp³-hybridized carbons (Fsp3) is 0.133. The molecule has 10 heteroatoms. The summed E-state index contributed by atoms with van der Waals surface area (Å²) in [5.74, 6) is 1.62. The highest BCUT2D eigenvalue weighted by Gasteiger charge is 2.38. The number of nitrogens with zero attached hydrogens (tertiary/aromatic N) is 4. The van der Waals surface area contributed by atoms with Crippen molar-refractivity contribution in [3.63, 3.8) is 0 Å². The van der Waals surface area contributed by atoms with Gasteiger partial charge in [0.1, 0.15) is 11.9 Å². The molecule has 1 unspecified atom stereocenters. The number of hydrogen-bond acceptors (Lipinski definition) is 8. The van der Waals surface area contributed by atoms with Crippen LogP contribution in [0.25, 0.3) is 28.0 Å². The van der Waals surface area contributed by atoms with Crippen molar-refractivity contribution in [1.82, 2.24) is 19.6 Å². The third-order valence-corrected chi connectivity index (χ3v) is 7.73. The molecule has 1 aliphatic rings. The molecule has 0 saturated heterocycles. The first kappa shape index (κ1) is 24.3. The second-order valence-corrected chi connectivity index (χ2v) is 10.2. The average molecular weight is 597 g/mol. The normalized spacial score (nSPS) is 14.1. The number of hydrogen-bond donors (Lipinski definition) is 0. The van der Waals surface area contributed by atoms with Crippen LogP contribution >= 0.6 is 15.9 Å². The van der Waals surface area contributed by atoms with Gasteiger partial charge in [-0.15, -0.1) is 5.10 Å². The average Bonchev–Trinajstić information content (AvgIpc) is 3.40. The monoisotopic (exact) mass is 596 g/mol. The van der Waals surface area contributed by atoms with Crippen molar-refractivity contribution in [3.05, 3.63) is 104 Å². The summed E-state index contributed by atoms with van der Waals surface area (Å²) in [7, 11) is 3.13. The Morgan fingerprint density at radius 2 is 1.80 bits per heavy atom. The molecule has 0 bridgehead atoms. The molecule has 1 aliphatic heterocycles. The Morgan fingerprint density at radius 3 is 2.60 bits per heavy atom. The molecule has 0 saturated carbocycles. The summed E-state index contributed by atoms with van der Waals surface area (Å²) >= 11 is 3.61. The largest absolute Gasteiger partial charge is 0.493 e. The first-order chi connectivity index (χ1) is 19.5. The van der Waals surface area contributed by atoms with E-state index in [1.165, 1.54) is 0 Å². The van der Waals surface area contributed by atoms with E-state index in [1.807, 2.05) is 61.5 Å². The fourth-order valence-electron chi connectivity index (χ4n) is 5.31. The number of aromatic nitrogens is 4. The molecule has 0 N–H and O–H groups in total.